The Morgan fingerprint density at radius 3 is 2.58 bits per heavy atom. The molecule has 4 rings (SSSR count). The zero-order chi connectivity index (χ0) is 23.6. The first-order valence-corrected chi connectivity index (χ1v) is 11.2. The fourth-order valence-corrected chi connectivity index (χ4v) is 4.15. The maximum atomic E-state index is 13.3. The average Bonchev–Trinajstić information content (AvgIpc) is 3.17. The van der Waals surface area contributed by atoms with E-state index in [9.17, 15) is 13.2 Å². The van der Waals surface area contributed by atoms with E-state index in [2.05, 4.69) is 31.0 Å². The average molecular weight is 464 g/mol. The number of alkyl halides is 3. The van der Waals surface area contributed by atoms with Crippen molar-refractivity contribution in [2.75, 3.05) is 23.7 Å². The van der Waals surface area contributed by atoms with Gasteiger partial charge in [-0.2, -0.15) is 18.2 Å². The summed E-state index contributed by atoms with van der Waals surface area (Å²) < 4.78 is 46.3. The number of nitrogens with two attached hydrogens (primary N) is 1. The Balaban J connectivity index is 1.59. The van der Waals surface area contributed by atoms with Gasteiger partial charge in [0.25, 0.3) is 0 Å². The fourth-order valence-electron chi connectivity index (χ4n) is 4.15. The minimum absolute atomic E-state index is 0.0431. The highest BCUT2D eigenvalue weighted by molar-refractivity contribution is 5.60. The van der Waals surface area contributed by atoms with Gasteiger partial charge in [-0.25, -0.2) is 14.5 Å². The zero-order valence-corrected chi connectivity index (χ0v) is 18.8. The molecule has 8 nitrogen and oxygen atoms in total. The first-order chi connectivity index (χ1) is 15.8. The molecule has 0 spiro atoms. The third-order valence-corrected chi connectivity index (χ3v) is 5.75. The number of pyridine rings is 1. The minimum atomic E-state index is -4.53. The van der Waals surface area contributed by atoms with Crippen molar-refractivity contribution in [1.29, 1.82) is 0 Å². The first-order valence-electron chi connectivity index (χ1n) is 11.2. The van der Waals surface area contributed by atoms with E-state index in [1.165, 1.54) is 23.8 Å². The monoisotopic (exact) mass is 463 g/mol. The summed E-state index contributed by atoms with van der Waals surface area (Å²) in [4.78, 5) is 15.1. The summed E-state index contributed by atoms with van der Waals surface area (Å²) in [6, 6.07) is 1.64. The van der Waals surface area contributed by atoms with Crippen LogP contribution in [0, 0.1) is 6.92 Å². The van der Waals surface area contributed by atoms with Gasteiger partial charge in [0.1, 0.15) is 5.82 Å². The van der Waals surface area contributed by atoms with E-state index in [-0.39, 0.29) is 17.9 Å². The zero-order valence-electron chi connectivity index (χ0n) is 18.8. The van der Waals surface area contributed by atoms with Crippen LogP contribution in [0.5, 0.6) is 6.01 Å². The predicted molar refractivity (Wildman–Crippen MR) is 118 cm³/mol. The maximum absolute atomic E-state index is 13.3. The number of halogens is 3. The summed E-state index contributed by atoms with van der Waals surface area (Å²) >= 11 is 0. The summed E-state index contributed by atoms with van der Waals surface area (Å²) in [6.07, 6.45) is 1.01. The fraction of sp³-hybridized carbons (Fsp3) is 0.545. The molecule has 1 saturated heterocycles. The molecule has 3 aromatic rings. The molecule has 0 radical (unpaired) electrons. The summed E-state index contributed by atoms with van der Waals surface area (Å²) in [5.74, 6) is 0.950. The van der Waals surface area contributed by atoms with Crippen molar-refractivity contribution in [2.24, 2.45) is 0 Å². The van der Waals surface area contributed by atoms with E-state index in [1.54, 1.807) is 13.1 Å². The number of imidazole rings is 1. The molecule has 4 heterocycles. The van der Waals surface area contributed by atoms with Crippen LogP contribution in [0.1, 0.15) is 55.8 Å². The molecule has 0 saturated carbocycles. The number of nitrogen functional groups attached to an aromatic ring is 1. The number of aryl methyl sites for hydroxylation is 1. The molecular weight excluding hydrogens is 435 g/mol. The smallest absolute Gasteiger partial charge is 0.425 e. The van der Waals surface area contributed by atoms with Crippen LogP contribution in [0.4, 0.5) is 24.8 Å². The molecule has 1 aliphatic heterocycles. The quantitative estimate of drug-likeness (QED) is 0.564. The number of nitrogens with zero attached hydrogens (tertiary/aromatic N) is 6. The van der Waals surface area contributed by atoms with Gasteiger partial charge in [0.2, 0.25) is 0 Å². The van der Waals surface area contributed by atoms with Gasteiger partial charge in [0.15, 0.2) is 17.6 Å². The largest absolute Gasteiger partial charge is 0.449 e. The topological polar surface area (TPSA) is 94.5 Å². The molecule has 1 aliphatic rings. The lowest BCUT2D eigenvalue weighted by Crippen LogP contribution is -2.35. The second-order valence-corrected chi connectivity index (χ2v) is 8.41. The molecule has 0 aliphatic carbocycles. The number of aromatic nitrogens is 5. The molecule has 1 fully saturated rings. The Kier molecular flexibility index (Phi) is 6.57. The van der Waals surface area contributed by atoms with Crippen molar-refractivity contribution in [3.05, 3.63) is 35.3 Å². The molecule has 2 N–H and O–H groups in total. The predicted octanol–water partition coefficient (Wildman–Crippen LogP) is 4.10. The van der Waals surface area contributed by atoms with E-state index in [1.807, 2.05) is 13.1 Å². The van der Waals surface area contributed by atoms with Crippen LogP contribution in [-0.4, -0.2) is 49.9 Å². The van der Waals surface area contributed by atoms with Gasteiger partial charge in [-0.3, -0.25) is 0 Å². The Morgan fingerprint density at radius 1 is 1.15 bits per heavy atom. The van der Waals surface area contributed by atoms with Crippen LogP contribution < -0.4 is 15.4 Å². The van der Waals surface area contributed by atoms with Crippen molar-refractivity contribution < 1.29 is 17.9 Å². The number of ether oxygens (including phenoxy) is 1. The summed E-state index contributed by atoms with van der Waals surface area (Å²) in [6.45, 7) is 5.71. The highest BCUT2D eigenvalue weighted by atomic mass is 19.4. The van der Waals surface area contributed by atoms with E-state index >= 15 is 0 Å². The molecule has 0 amide bonds. The number of piperidine rings is 1. The highest BCUT2D eigenvalue weighted by Gasteiger charge is 2.41. The van der Waals surface area contributed by atoms with E-state index < -0.39 is 18.3 Å². The van der Waals surface area contributed by atoms with Crippen LogP contribution in [0.15, 0.2) is 18.5 Å². The standard InChI is InChI=1S/C22H28F3N7O/c1-3-7-17(22(23,24)25)33-21-29-18(26)20-28-13-16(32(20)30-21)11-15-10-14(2)19(27-12-15)31-8-5-4-6-9-31/h10,12-13,17H,3-9,11H2,1-2H3,(H2,26,29,30)/t17-/m0/s1. The molecule has 1 atom stereocenters. The Labute approximate surface area is 190 Å². The van der Waals surface area contributed by atoms with Crippen LogP contribution >= 0.6 is 0 Å². The summed E-state index contributed by atoms with van der Waals surface area (Å²) in [7, 11) is 0. The van der Waals surface area contributed by atoms with Crippen LogP contribution in [0.3, 0.4) is 0 Å². The second kappa shape index (κ2) is 9.40. The molecule has 0 bridgehead atoms. The normalized spacial score (nSPS) is 15.7. The van der Waals surface area contributed by atoms with Gasteiger partial charge in [0.05, 0.1) is 11.9 Å². The summed E-state index contributed by atoms with van der Waals surface area (Å²) in [5.41, 5.74) is 8.87. The van der Waals surface area contributed by atoms with Gasteiger partial charge < -0.3 is 15.4 Å². The summed E-state index contributed by atoms with van der Waals surface area (Å²) in [5, 5.41) is 4.15. The first kappa shape index (κ1) is 23.1. The number of fused-ring (bicyclic) bond motifs is 1. The molecule has 33 heavy (non-hydrogen) atoms. The van der Waals surface area contributed by atoms with Crippen LogP contribution in [-0.2, 0) is 6.42 Å². The maximum Gasteiger partial charge on any atom is 0.425 e. The third-order valence-electron chi connectivity index (χ3n) is 5.75. The number of hydrogen-bond donors (Lipinski definition) is 1. The molecule has 11 heteroatoms. The minimum Gasteiger partial charge on any atom is -0.449 e. The van der Waals surface area contributed by atoms with Gasteiger partial charge in [-0.1, -0.05) is 19.4 Å². The SMILES string of the molecule is CCC[C@H](Oc1nc(N)c2ncc(Cc3cnc(N4CCCCC4)c(C)c3)n2n1)C(F)(F)F. The Hall–Kier alpha value is -3.11. The van der Waals surface area contributed by atoms with Crippen LogP contribution in [0.2, 0.25) is 0 Å². The number of hydrogen-bond acceptors (Lipinski definition) is 7. The molecule has 178 valence electrons. The third kappa shape index (κ3) is 5.12. The molecule has 0 aromatic carbocycles. The van der Waals surface area contributed by atoms with E-state index in [4.69, 9.17) is 10.5 Å². The lowest BCUT2D eigenvalue weighted by Gasteiger charge is -2.29. The number of anilines is 2. The Morgan fingerprint density at radius 2 is 1.91 bits per heavy atom. The Bertz CT molecular complexity index is 1110. The molecule has 3 aromatic heterocycles. The van der Waals surface area contributed by atoms with Gasteiger partial charge >= 0.3 is 12.2 Å². The van der Waals surface area contributed by atoms with Crippen molar-refractivity contribution in [2.45, 2.75) is 64.7 Å². The second-order valence-electron chi connectivity index (χ2n) is 8.41. The van der Waals surface area contributed by atoms with Gasteiger partial charge in [-0.15, -0.1) is 5.10 Å². The van der Waals surface area contributed by atoms with Crippen LogP contribution in [0.25, 0.3) is 5.65 Å². The van der Waals surface area contributed by atoms with E-state index in [0.29, 0.717) is 18.5 Å². The van der Waals surface area contributed by atoms with Crippen molar-refractivity contribution in [3.8, 4) is 6.01 Å². The van der Waals surface area contributed by atoms with Crippen molar-refractivity contribution >= 4 is 17.3 Å². The van der Waals surface area contributed by atoms with Crippen molar-refractivity contribution in [1.82, 2.24) is 24.6 Å². The lowest BCUT2D eigenvalue weighted by molar-refractivity contribution is -0.198. The van der Waals surface area contributed by atoms with Gasteiger partial charge in [-0.05, 0) is 43.7 Å². The molecular formula is C22H28F3N7O. The highest BCUT2D eigenvalue weighted by Crippen LogP contribution is 2.28. The van der Waals surface area contributed by atoms with E-state index in [0.717, 1.165) is 30.0 Å². The van der Waals surface area contributed by atoms with Crippen molar-refractivity contribution in [3.63, 3.8) is 0 Å². The molecule has 0 unspecified atom stereocenters. The lowest BCUT2D eigenvalue weighted by atomic mass is 10.1. The number of rotatable bonds is 7. The van der Waals surface area contributed by atoms with Gasteiger partial charge in [0, 0.05) is 25.7 Å².